The van der Waals surface area contributed by atoms with Gasteiger partial charge in [0.05, 0.1) is 13.1 Å². The molecule has 0 saturated carbocycles. The average molecular weight is 227 g/mol. The fourth-order valence-electron chi connectivity index (χ4n) is 1.34. The molecule has 1 heterocycles. The van der Waals surface area contributed by atoms with Crippen molar-refractivity contribution in [2.75, 3.05) is 13.1 Å². The lowest BCUT2D eigenvalue weighted by atomic mass is 10.3. The van der Waals surface area contributed by atoms with Crippen LogP contribution in [0.4, 0.5) is 0 Å². The SMILES string of the molecule is CCCc1noc(CN(CC)CC(=O)O)n1. The lowest BCUT2D eigenvalue weighted by Gasteiger charge is -2.14. The van der Waals surface area contributed by atoms with Crippen LogP contribution in [-0.2, 0) is 17.8 Å². The van der Waals surface area contributed by atoms with E-state index in [0.29, 0.717) is 24.8 Å². The molecule has 0 spiro atoms. The van der Waals surface area contributed by atoms with Gasteiger partial charge in [-0.2, -0.15) is 4.98 Å². The zero-order chi connectivity index (χ0) is 12.0. The summed E-state index contributed by atoms with van der Waals surface area (Å²) in [5, 5.41) is 12.5. The monoisotopic (exact) mass is 227 g/mol. The summed E-state index contributed by atoms with van der Waals surface area (Å²) in [6, 6.07) is 0. The van der Waals surface area contributed by atoms with Crippen molar-refractivity contribution in [1.82, 2.24) is 15.0 Å². The van der Waals surface area contributed by atoms with Gasteiger partial charge in [-0.15, -0.1) is 0 Å². The Morgan fingerprint density at radius 3 is 2.81 bits per heavy atom. The summed E-state index contributed by atoms with van der Waals surface area (Å²) >= 11 is 0. The number of likely N-dealkylation sites (N-methyl/N-ethyl adjacent to an activating group) is 1. The van der Waals surface area contributed by atoms with Crippen LogP contribution in [0.5, 0.6) is 0 Å². The quantitative estimate of drug-likeness (QED) is 0.746. The zero-order valence-corrected chi connectivity index (χ0v) is 9.64. The van der Waals surface area contributed by atoms with E-state index < -0.39 is 5.97 Å². The molecule has 0 aliphatic rings. The first-order valence-electron chi connectivity index (χ1n) is 5.41. The van der Waals surface area contributed by atoms with Gasteiger partial charge in [0.25, 0.3) is 0 Å². The first-order chi connectivity index (χ1) is 7.65. The normalized spacial score (nSPS) is 10.9. The second kappa shape index (κ2) is 6.22. The number of carboxylic acid groups (broad SMARTS) is 1. The third kappa shape index (κ3) is 3.98. The molecule has 0 aliphatic heterocycles. The van der Waals surface area contributed by atoms with Crippen LogP contribution in [-0.4, -0.2) is 39.2 Å². The molecule has 16 heavy (non-hydrogen) atoms. The Hall–Kier alpha value is -1.43. The molecule has 0 saturated heterocycles. The summed E-state index contributed by atoms with van der Waals surface area (Å²) in [6.07, 6.45) is 1.75. The fraction of sp³-hybridized carbons (Fsp3) is 0.700. The molecule has 0 atom stereocenters. The van der Waals surface area contributed by atoms with E-state index in [0.717, 1.165) is 12.8 Å². The lowest BCUT2D eigenvalue weighted by molar-refractivity contribution is -0.138. The summed E-state index contributed by atoms with van der Waals surface area (Å²) in [7, 11) is 0. The van der Waals surface area contributed by atoms with Gasteiger partial charge in [0.2, 0.25) is 5.89 Å². The summed E-state index contributed by atoms with van der Waals surface area (Å²) in [6.45, 7) is 4.95. The van der Waals surface area contributed by atoms with Crippen molar-refractivity contribution in [1.29, 1.82) is 0 Å². The predicted octanol–water partition coefficient (Wildman–Crippen LogP) is 0.929. The molecule has 1 N–H and O–H groups in total. The Morgan fingerprint density at radius 1 is 1.50 bits per heavy atom. The number of aryl methyl sites for hydroxylation is 1. The van der Waals surface area contributed by atoms with E-state index >= 15 is 0 Å². The molecule has 1 aromatic rings. The number of carboxylic acids is 1. The van der Waals surface area contributed by atoms with E-state index in [4.69, 9.17) is 9.63 Å². The number of rotatable bonds is 7. The van der Waals surface area contributed by atoms with Crippen molar-refractivity contribution in [3.05, 3.63) is 11.7 Å². The number of aliphatic carboxylic acids is 1. The minimum absolute atomic E-state index is 0.0119. The van der Waals surface area contributed by atoms with Gasteiger partial charge in [-0.05, 0) is 13.0 Å². The standard InChI is InChI=1S/C10H17N3O3/c1-3-5-8-11-9(16-12-8)6-13(4-2)7-10(14)15/h3-7H2,1-2H3,(H,14,15). The highest BCUT2D eigenvalue weighted by molar-refractivity contribution is 5.69. The van der Waals surface area contributed by atoms with Crippen LogP contribution in [0.15, 0.2) is 4.52 Å². The van der Waals surface area contributed by atoms with Crippen molar-refractivity contribution < 1.29 is 14.4 Å². The van der Waals surface area contributed by atoms with Gasteiger partial charge < -0.3 is 9.63 Å². The van der Waals surface area contributed by atoms with Gasteiger partial charge in [0, 0.05) is 6.42 Å². The summed E-state index contributed by atoms with van der Waals surface area (Å²) < 4.78 is 5.04. The van der Waals surface area contributed by atoms with Gasteiger partial charge in [-0.1, -0.05) is 19.0 Å². The van der Waals surface area contributed by atoms with Crippen molar-refractivity contribution in [2.45, 2.75) is 33.2 Å². The Bertz CT molecular complexity index is 338. The van der Waals surface area contributed by atoms with E-state index in [1.54, 1.807) is 4.90 Å². The summed E-state index contributed by atoms with van der Waals surface area (Å²) in [4.78, 5) is 16.5. The Morgan fingerprint density at radius 2 is 2.25 bits per heavy atom. The molecule has 90 valence electrons. The number of nitrogens with zero attached hydrogens (tertiary/aromatic N) is 3. The Kier molecular flexibility index (Phi) is 4.91. The first-order valence-corrected chi connectivity index (χ1v) is 5.41. The number of aromatic nitrogens is 2. The molecular formula is C10H17N3O3. The Labute approximate surface area is 94.3 Å². The van der Waals surface area contributed by atoms with Crippen LogP contribution in [0.1, 0.15) is 32.0 Å². The van der Waals surface area contributed by atoms with E-state index in [2.05, 4.69) is 10.1 Å². The number of hydrogen-bond acceptors (Lipinski definition) is 5. The highest BCUT2D eigenvalue weighted by Crippen LogP contribution is 2.04. The van der Waals surface area contributed by atoms with Crippen molar-refractivity contribution in [2.24, 2.45) is 0 Å². The predicted molar refractivity (Wildman–Crippen MR) is 56.9 cm³/mol. The maximum atomic E-state index is 10.6. The molecule has 6 nitrogen and oxygen atoms in total. The largest absolute Gasteiger partial charge is 0.480 e. The zero-order valence-electron chi connectivity index (χ0n) is 9.64. The van der Waals surface area contributed by atoms with Gasteiger partial charge in [-0.3, -0.25) is 9.69 Å². The smallest absolute Gasteiger partial charge is 0.317 e. The van der Waals surface area contributed by atoms with Crippen LogP contribution < -0.4 is 0 Å². The third-order valence-electron chi connectivity index (χ3n) is 2.15. The number of carbonyl (C=O) groups is 1. The molecule has 1 rings (SSSR count). The molecule has 0 bridgehead atoms. The minimum atomic E-state index is -0.852. The van der Waals surface area contributed by atoms with E-state index in [-0.39, 0.29) is 6.54 Å². The number of hydrogen-bond donors (Lipinski definition) is 1. The summed E-state index contributed by atoms with van der Waals surface area (Å²) in [5.41, 5.74) is 0. The van der Waals surface area contributed by atoms with Crippen molar-refractivity contribution >= 4 is 5.97 Å². The summed E-state index contributed by atoms with van der Waals surface area (Å²) in [5.74, 6) is 0.311. The van der Waals surface area contributed by atoms with Gasteiger partial charge in [0.15, 0.2) is 5.82 Å². The third-order valence-corrected chi connectivity index (χ3v) is 2.15. The van der Waals surface area contributed by atoms with E-state index in [9.17, 15) is 4.79 Å². The van der Waals surface area contributed by atoms with Crippen LogP contribution in [0.2, 0.25) is 0 Å². The maximum Gasteiger partial charge on any atom is 0.317 e. The van der Waals surface area contributed by atoms with Crippen LogP contribution in [0, 0.1) is 0 Å². The average Bonchev–Trinajstić information content (AvgIpc) is 2.64. The van der Waals surface area contributed by atoms with Crippen LogP contribution in [0.25, 0.3) is 0 Å². The second-order valence-electron chi connectivity index (χ2n) is 3.55. The van der Waals surface area contributed by atoms with Crippen molar-refractivity contribution in [3.8, 4) is 0 Å². The van der Waals surface area contributed by atoms with Gasteiger partial charge >= 0.3 is 5.97 Å². The molecule has 0 aliphatic carbocycles. The molecular weight excluding hydrogens is 210 g/mol. The van der Waals surface area contributed by atoms with Gasteiger partial charge in [-0.25, -0.2) is 0 Å². The van der Waals surface area contributed by atoms with Crippen LogP contribution in [0.3, 0.4) is 0 Å². The molecule has 0 fully saturated rings. The molecule has 0 radical (unpaired) electrons. The highest BCUT2D eigenvalue weighted by Gasteiger charge is 2.12. The van der Waals surface area contributed by atoms with Crippen molar-refractivity contribution in [3.63, 3.8) is 0 Å². The van der Waals surface area contributed by atoms with E-state index in [1.165, 1.54) is 0 Å². The Balaban J connectivity index is 2.52. The molecule has 0 amide bonds. The molecule has 0 unspecified atom stereocenters. The molecule has 0 aromatic carbocycles. The second-order valence-corrected chi connectivity index (χ2v) is 3.55. The molecule has 1 aromatic heterocycles. The van der Waals surface area contributed by atoms with E-state index in [1.807, 2.05) is 13.8 Å². The topological polar surface area (TPSA) is 79.5 Å². The highest BCUT2D eigenvalue weighted by atomic mass is 16.5. The van der Waals surface area contributed by atoms with Gasteiger partial charge in [0.1, 0.15) is 0 Å². The first kappa shape index (κ1) is 12.6. The van der Waals surface area contributed by atoms with Crippen LogP contribution >= 0.6 is 0 Å². The fourth-order valence-corrected chi connectivity index (χ4v) is 1.34. The maximum absolute atomic E-state index is 10.6. The molecule has 6 heteroatoms. The lowest BCUT2D eigenvalue weighted by Crippen LogP contribution is -2.29. The minimum Gasteiger partial charge on any atom is -0.480 e.